The molecule has 0 radical (unpaired) electrons. The van der Waals surface area contributed by atoms with Crippen molar-refractivity contribution >= 4 is 31.6 Å². The van der Waals surface area contributed by atoms with Gasteiger partial charge in [0, 0.05) is 13.1 Å². The molecule has 0 bridgehead atoms. The number of hydrogen-bond donors (Lipinski definition) is 1. The molecule has 0 spiro atoms. The first-order valence-electron chi connectivity index (χ1n) is 12.1. The predicted molar refractivity (Wildman–Crippen MR) is 142 cm³/mol. The van der Waals surface area contributed by atoms with Crippen LogP contribution in [0.25, 0.3) is 0 Å². The van der Waals surface area contributed by atoms with Crippen LogP contribution in [-0.2, 0) is 24.8 Å². The summed E-state index contributed by atoms with van der Waals surface area (Å²) in [4.78, 5) is 13.0. The number of rotatable bonds is 11. The third kappa shape index (κ3) is 7.14. The number of sulfonamides is 2. The molecule has 1 amide bonds. The fraction of sp³-hybridized carbons (Fsp3) is 0.480. The van der Waals surface area contributed by atoms with Crippen molar-refractivity contribution in [3.8, 4) is 11.5 Å². The molecule has 2 aromatic carbocycles. The lowest BCUT2D eigenvalue weighted by Crippen LogP contribution is -2.48. The number of benzene rings is 2. The lowest BCUT2D eigenvalue weighted by atomic mass is 10.2. The Morgan fingerprint density at radius 1 is 1.05 bits per heavy atom. The van der Waals surface area contributed by atoms with Crippen LogP contribution in [0.3, 0.4) is 0 Å². The minimum Gasteiger partial charge on any atom is -0.495 e. The molecule has 12 heteroatoms. The van der Waals surface area contributed by atoms with E-state index in [9.17, 15) is 21.6 Å². The van der Waals surface area contributed by atoms with Crippen molar-refractivity contribution in [3.05, 3.63) is 48.0 Å². The van der Waals surface area contributed by atoms with Crippen molar-refractivity contribution in [2.24, 2.45) is 0 Å². The van der Waals surface area contributed by atoms with Gasteiger partial charge in [0.05, 0.1) is 30.5 Å². The Kier molecular flexibility index (Phi) is 9.43. The lowest BCUT2D eigenvalue weighted by molar-refractivity contribution is -0.121. The number of carbonyl (C=O) groups is 1. The van der Waals surface area contributed by atoms with Crippen LogP contribution >= 0.6 is 0 Å². The summed E-state index contributed by atoms with van der Waals surface area (Å²) in [5, 5.41) is 2.69. The molecule has 37 heavy (non-hydrogen) atoms. The highest BCUT2D eigenvalue weighted by Crippen LogP contribution is 2.32. The Balaban J connectivity index is 1.58. The molecule has 1 saturated heterocycles. The van der Waals surface area contributed by atoms with E-state index in [2.05, 4.69) is 5.32 Å². The summed E-state index contributed by atoms with van der Waals surface area (Å²) in [6, 6.07) is 10.3. The largest absolute Gasteiger partial charge is 0.495 e. The van der Waals surface area contributed by atoms with Crippen molar-refractivity contribution in [2.75, 3.05) is 43.9 Å². The molecule has 1 atom stereocenters. The molecule has 1 aliphatic heterocycles. The maximum absolute atomic E-state index is 12.8. The number of methoxy groups -OCH3 is 1. The van der Waals surface area contributed by atoms with Gasteiger partial charge in [-0.2, -0.15) is 4.31 Å². The van der Waals surface area contributed by atoms with Crippen LogP contribution < -0.4 is 19.1 Å². The van der Waals surface area contributed by atoms with Crippen molar-refractivity contribution in [1.82, 2.24) is 9.62 Å². The molecule has 1 aliphatic rings. The summed E-state index contributed by atoms with van der Waals surface area (Å²) in [5.41, 5.74) is 1.10. The van der Waals surface area contributed by atoms with Gasteiger partial charge in [0.2, 0.25) is 26.0 Å². The number of aryl methyl sites for hydroxylation is 1. The third-order valence-corrected chi connectivity index (χ3v) is 9.25. The van der Waals surface area contributed by atoms with Crippen LogP contribution in [0.15, 0.2) is 47.4 Å². The van der Waals surface area contributed by atoms with Crippen LogP contribution in [0.2, 0.25) is 0 Å². The normalized spacial score (nSPS) is 15.6. The second-order valence-electron chi connectivity index (χ2n) is 8.99. The zero-order chi connectivity index (χ0) is 27.2. The van der Waals surface area contributed by atoms with E-state index in [1.165, 1.54) is 30.5 Å². The van der Waals surface area contributed by atoms with E-state index < -0.39 is 32.0 Å². The van der Waals surface area contributed by atoms with Crippen molar-refractivity contribution in [2.45, 2.75) is 44.0 Å². The van der Waals surface area contributed by atoms with E-state index in [1.54, 1.807) is 30.3 Å². The number of nitrogens with zero attached hydrogens (tertiary/aromatic N) is 2. The van der Waals surface area contributed by atoms with Crippen LogP contribution in [0, 0.1) is 6.92 Å². The zero-order valence-electron chi connectivity index (χ0n) is 21.6. The van der Waals surface area contributed by atoms with Crippen molar-refractivity contribution in [3.63, 3.8) is 0 Å². The van der Waals surface area contributed by atoms with E-state index >= 15 is 0 Å². The fourth-order valence-electron chi connectivity index (χ4n) is 4.21. The molecule has 0 unspecified atom stereocenters. The van der Waals surface area contributed by atoms with Gasteiger partial charge in [0.25, 0.3) is 0 Å². The monoisotopic (exact) mass is 553 g/mol. The number of nitrogens with one attached hydrogen (secondary N) is 1. The summed E-state index contributed by atoms with van der Waals surface area (Å²) in [6.45, 7) is 4.63. The second-order valence-corrected chi connectivity index (χ2v) is 12.8. The number of carbonyl (C=O) groups excluding carboxylic acids is 1. The number of anilines is 1. The molecule has 1 fully saturated rings. The minimum atomic E-state index is -3.80. The highest BCUT2D eigenvalue weighted by molar-refractivity contribution is 7.92. The maximum Gasteiger partial charge on any atom is 0.243 e. The summed E-state index contributed by atoms with van der Waals surface area (Å²) < 4.78 is 64.2. The number of ether oxygens (including phenoxy) is 2. The predicted octanol–water partition coefficient (Wildman–Crippen LogP) is 2.53. The highest BCUT2D eigenvalue weighted by Gasteiger charge is 2.31. The average molecular weight is 554 g/mol. The molecule has 1 heterocycles. The second kappa shape index (κ2) is 12.1. The summed E-state index contributed by atoms with van der Waals surface area (Å²) >= 11 is 0. The van der Waals surface area contributed by atoms with Gasteiger partial charge in [-0.25, -0.2) is 16.8 Å². The Bertz CT molecular complexity index is 1290. The maximum atomic E-state index is 12.8. The summed E-state index contributed by atoms with van der Waals surface area (Å²) in [7, 11) is -5.88. The number of amides is 1. The minimum absolute atomic E-state index is 0.114. The van der Waals surface area contributed by atoms with E-state index in [4.69, 9.17) is 9.47 Å². The molecule has 204 valence electrons. The van der Waals surface area contributed by atoms with E-state index in [0.717, 1.165) is 35.4 Å². The average Bonchev–Trinajstić information content (AvgIpc) is 2.86. The first-order valence-corrected chi connectivity index (χ1v) is 15.4. The van der Waals surface area contributed by atoms with Crippen LogP contribution in [0.4, 0.5) is 5.69 Å². The first-order chi connectivity index (χ1) is 17.4. The van der Waals surface area contributed by atoms with Crippen LogP contribution in [-0.4, -0.2) is 72.7 Å². The van der Waals surface area contributed by atoms with E-state index in [1.807, 2.05) is 6.92 Å². The Hall–Kier alpha value is -2.83. The van der Waals surface area contributed by atoms with E-state index in [0.29, 0.717) is 24.6 Å². The van der Waals surface area contributed by atoms with Gasteiger partial charge in [-0.05, 0) is 68.7 Å². The number of hydrogen-bond acceptors (Lipinski definition) is 7. The van der Waals surface area contributed by atoms with Gasteiger partial charge < -0.3 is 14.8 Å². The van der Waals surface area contributed by atoms with Crippen molar-refractivity contribution < 1.29 is 31.1 Å². The molecule has 0 aromatic heterocycles. The zero-order valence-corrected chi connectivity index (χ0v) is 23.3. The number of piperidine rings is 1. The van der Waals surface area contributed by atoms with Gasteiger partial charge in [-0.1, -0.05) is 12.5 Å². The molecule has 2 aromatic rings. The van der Waals surface area contributed by atoms with Gasteiger partial charge in [-0.3, -0.25) is 9.10 Å². The molecule has 3 rings (SSSR count). The molecule has 0 saturated carbocycles. The van der Waals surface area contributed by atoms with Crippen LogP contribution in [0.5, 0.6) is 11.5 Å². The standard InChI is InChI=1S/C25H35N3O7S2/c1-19-8-13-24(34-3)23(18-19)28(36(4,30)31)20(2)25(29)26-14-17-35-21-9-11-22(12-10-21)37(32,33)27-15-6-5-7-16-27/h8-13,18,20H,5-7,14-17H2,1-4H3,(H,26,29)/t20-/m0/s1. The summed E-state index contributed by atoms with van der Waals surface area (Å²) in [5.74, 6) is 0.299. The van der Waals surface area contributed by atoms with Gasteiger partial charge >= 0.3 is 0 Å². The smallest absolute Gasteiger partial charge is 0.243 e. The Morgan fingerprint density at radius 2 is 1.70 bits per heavy atom. The topological polar surface area (TPSA) is 122 Å². The quantitative estimate of drug-likeness (QED) is 0.424. The lowest BCUT2D eigenvalue weighted by Gasteiger charge is -2.29. The molecular weight excluding hydrogens is 518 g/mol. The summed E-state index contributed by atoms with van der Waals surface area (Å²) in [6.07, 6.45) is 3.81. The molecular formula is C25H35N3O7S2. The molecule has 1 N–H and O–H groups in total. The fourth-order valence-corrected chi connectivity index (χ4v) is 6.89. The molecule has 0 aliphatic carbocycles. The molecule has 10 nitrogen and oxygen atoms in total. The van der Waals surface area contributed by atoms with Crippen molar-refractivity contribution in [1.29, 1.82) is 0 Å². The van der Waals surface area contributed by atoms with Crippen LogP contribution in [0.1, 0.15) is 31.7 Å². The first kappa shape index (κ1) is 28.7. The SMILES string of the molecule is COc1ccc(C)cc1N([C@@H](C)C(=O)NCCOc1ccc(S(=O)(=O)N2CCCCC2)cc1)S(C)(=O)=O. The van der Waals surface area contributed by atoms with E-state index in [-0.39, 0.29) is 23.7 Å². The third-order valence-electron chi connectivity index (χ3n) is 6.11. The van der Waals surface area contributed by atoms with Gasteiger partial charge in [0.1, 0.15) is 24.1 Å². The highest BCUT2D eigenvalue weighted by atomic mass is 32.2. The van der Waals surface area contributed by atoms with Gasteiger partial charge in [0.15, 0.2) is 0 Å². The van der Waals surface area contributed by atoms with Gasteiger partial charge in [-0.15, -0.1) is 0 Å². The Morgan fingerprint density at radius 3 is 2.30 bits per heavy atom. The Labute approximate surface area is 219 Å².